The van der Waals surface area contributed by atoms with Crippen molar-refractivity contribution >= 4 is 34.6 Å². The lowest BCUT2D eigenvalue weighted by atomic mass is 10.3. The van der Waals surface area contributed by atoms with Gasteiger partial charge < -0.3 is 15.4 Å². The maximum absolute atomic E-state index is 5.80. The molecule has 2 aromatic rings. The zero-order chi connectivity index (χ0) is 15.1. The standard InChI is InChI=1S/C14H17ClN4OS/c1-20-13-6-3-2-5-12(13)18-14(21)16-7-4-8-19-10-11(15)9-17-19/h2-3,5-6,9-10H,4,7-8H2,1H3,(H2,16,18,21). The Labute approximate surface area is 134 Å². The van der Waals surface area contributed by atoms with Gasteiger partial charge in [0.2, 0.25) is 0 Å². The number of hydrogen-bond acceptors (Lipinski definition) is 3. The Morgan fingerprint density at radius 2 is 2.24 bits per heavy atom. The number of nitrogens with zero attached hydrogens (tertiary/aromatic N) is 2. The van der Waals surface area contributed by atoms with Crippen LogP contribution in [0.1, 0.15) is 6.42 Å². The second-order valence-corrected chi connectivity index (χ2v) is 5.20. The third-order valence-electron chi connectivity index (χ3n) is 2.81. The van der Waals surface area contributed by atoms with E-state index in [0.29, 0.717) is 10.1 Å². The monoisotopic (exact) mass is 324 g/mol. The second-order valence-electron chi connectivity index (χ2n) is 4.36. The SMILES string of the molecule is COc1ccccc1NC(=S)NCCCn1cc(Cl)cn1. The quantitative estimate of drug-likeness (QED) is 0.632. The molecule has 0 aliphatic carbocycles. The molecule has 112 valence electrons. The molecule has 0 unspecified atom stereocenters. The molecule has 7 heteroatoms. The van der Waals surface area contributed by atoms with E-state index in [-0.39, 0.29) is 0 Å². The zero-order valence-corrected chi connectivity index (χ0v) is 13.2. The van der Waals surface area contributed by atoms with Gasteiger partial charge in [0.25, 0.3) is 0 Å². The summed E-state index contributed by atoms with van der Waals surface area (Å²) >= 11 is 11.1. The number of ether oxygens (including phenoxy) is 1. The molecule has 0 saturated carbocycles. The van der Waals surface area contributed by atoms with Crippen molar-refractivity contribution in [1.82, 2.24) is 15.1 Å². The first-order valence-electron chi connectivity index (χ1n) is 6.55. The van der Waals surface area contributed by atoms with Crippen molar-refractivity contribution in [3.05, 3.63) is 41.7 Å². The smallest absolute Gasteiger partial charge is 0.170 e. The van der Waals surface area contributed by atoms with Crippen molar-refractivity contribution in [1.29, 1.82) is 0 Å². The molecule has 2 rings (SSSR count). The number of halogens is 1. The summed E-state index contributed by atoms with van der Waals surface area (Å²) in [5.74, 6) is 0.757. The largest absolute Gasteiger partial charge is 0.495 e. The van der Waals surface area contributed by atoms with E-state index >= 15 is 0 Å². The number of anilines is 1. The molecule has 0 aliphatic rings. The van der Waals surface area contributed by atoms with Crippen LogP contribution >= 0.6 is 23.8 Å². The molecule has 0 spiro atoms. The van der Waals surface area contributed by atoms with Gasteiger partial charge in [-0.3, -0.25) is 4.68 Å². The Hall–Kier alpha value is -1.79. The van der Waals surface area contributed by atoms with E-state index in [1.54, 1.807) is 24.2 Å². The maximum Gasteiger partial charge on any atom is 0.170 e. The van der Waals surface area contributed by atoms with E-state index in [0.717, 1.165) is 30.9 Å². The average Bonchev–Trinajstić information content (AvgIpc) is 2.90. The van der Waals surface area contributed by atoms with Crippen LogP contribution in [0.25, 0.3) is 0 Å². The highest BCUT2D eigenvalue weighted by Gasteiger charge is 2.03. The molecular weight excluding hydrogens is 308 g/mol. The van der Waals surface area contributed by atoms with Crippen LogP contribution in [0.2, 0.25) is 5.02 Å². The first kappa shape index (κ1) is 15.6. The van der Waals surface area contributed by atoms with Crippen LogP contribution in [-0.2, 0) is 6.54 Å². The van der Waals surface area contributed by atoms with Crippen LogP contribution in [0, 0.1) is 0 Å². The molecule has 0 saturated heterocycles. The van der Waals surface area contributed by atoms with Gasteiger partial charge in [-0.05, 0) is 30.8 Å². The minimum atomic E-state index is 0.568. The highest BCUT2D eigenvalue weighted by Crippen LogP contribution is 2.22. The highest BCUT2D eigenvalue weighted by atomic mass is 35.5. The van der Waals surface area contributed by atoms with Crippen LogP contribution in [0.15, 0.2) is 36.7 Å². The summed E-state index contributed by atoms with van der Waals surface area (Å²) in [4.78, 5) is 0. The molecule has 0 amide bonds. The molecule has 1 heterocycles. The molecule has 0 fully saturated rings. The summed E-state index contributed by atoms with van der Waals surface area (Å²) < 4.78 is 7.06. The fourth-order valence-electron chi connectivity index (χ4n) is 1.82. The number of aromatic nitrogens is 2. The Kier molecular flexibility index (Phi) is 5.83. The van der Waals surface area contributed by atoms with Gasteiger partial charge >= 0.3 is 0 Å². The number of benzene rings is 1. The van der Waals surface area contributed by atoms with Crippen molar-refractivity contribution in [2.45, 2.75) is 13.0 Å². The van der Waals surface area contributed by atoms with E-state index in [4.69, 9.17) is 28.6 Å². The summed E-state index contributed by atoms with van der Waals surface area (Å²) in [5.41, 5.74) is 0.844. The number of methoxy groups -OCH3 is 1. The van der Waals surface area contributed by atoms with Crippen LogP contribution in [0.5, 0.6) is 5.75 Å². The van der Waals surface area contributed by atoms with Crippen molar-refractivity contribution in [2.75, 3.05) is 19.0 Å². The van der Waals surface area contributed by atoms with E-state index in [1.807, 2.05) is 24.3 Å². The third kappa shape index (κ3) is 4.91. The van der Waals surface area contributed by atoms with Crippen molar-refractivity contribution in [2.24, 2.45) is 0 Å². The second kappa shape index (κ2) is 7.85. The predicted octanol–water partition coefficient (Wildman–Crippen LogP) is 2.92. The van der Waals surface area contributed by atoms with Crippen LogP contribution in [0.4, 0.5) is 5.69 Å². The minimum Gasteiger partial charge on any atom is -0.495 e. The molecule has 0 aliphatic heterocycles. The molecular formula is C14H17ClN4OS. The molecule has 21 heavy (non-hydrogen) atoms. The van der Waals surface area contributed by atoms with Crippen LogP contribution in [-0.4, -0.2) is 28.5 Å². The molecule has 0 radical (unpaired) electrons. The Bertz CT molecular complexity index is 602. The molecule has 1 aromatic carbocycles. The van der Waals surface area contributed by atoms with Gasteiger partial charge in [-0.15, -0.1) is 0 Å². The lowest BCUT2D eigenvalue weighted by Crippen LogP contribution is -2.29. The normalized spacial score (nSPS) is 10.2. The van der Waals surface area contributed by atoms with E-state index in [1.165, 1.54) is 0 Å². The van der Waals surface area contributed by atoms with Crippen molar-refractivity contribution in [3.63, 3.8) is 0 Å². The third-order valence-corrected chi connectivity index (χ3v) is 3.25. The molecule has 5 nitrogen and oxygen atoms in total. The minimum absolute atomic E-state index is 0.568. The van der Waals surface area contributed by atoms with Gasteiger partial charge in [-0.1, -0.05) is 23.7 Å². The zero-order valence-electron chi connectivity index (χ0n) is 11.7. The van der Waals surface area contributed by atoms with Crippen molar-refractivity contribution in [3.8, 4) is 5.75 Å². The first-order chi connectivity index (χ1) is 10.2. The number of nitrogens with one attached hydrogen (secondary N) is 2. The summed E-state index contributed by atoms with van der Waals surface area (Å²) in [6.07, 6.45) is 4.32. The first-order valence-corrected chi connectivity index (χ1v) is 7.33. The van der Waals surface area contributed by atoms with Crippen LogP contribution in [0.3, 0.4) is 0 Å². The summed E-state index contributed by atoms with van der Waals surface area (Å²) in [5, 5.41) is 11.6. The van der Waals surface area contributed by atoms with Gasteiger partial charge in [0, 0.05) is 19.3 Å². The maximum atomic E-state index is 5.80. The van der Waals surface area contributed by atoms with E-state index in [2.05, 4.69) is 15.7 Å². The molecule has 2 N–H and O–H groups in total. The number of hydrogen-bond donors (Lipinski definition) is 2. The molecule has 0 bridgehead atoms. The molecule has 0 atom stereocenters. The molecule has 1 aromatic heterocycles. The number of para-hydroxylation sites is 2. The Morgan fingerprint density at radius 1 is 1.43 bits per heavy atom. The lowest BCUT2D eigenvalue weighted by molar-refractivity contribution is 0.417. The highest BCUT2D eigenvalue weighted by molar-refractivity contribution is 7.80. The van der Waals surface area contributed by atoms with E-state index in [9.17, 15) is 0 Å². The number of thiocarbonyl (C=S) groups is 1. The van der Waals surface area contributed by atoms with Gasteiger partial charge in [-0.2, -0.15) is 5.10 Å². The Balaban J connectivity index is 1.72. The van der Waals surface area contributed by atoms with Gasteiger partial charge in [0.05, 0.1) is 24.0 Å². The van der Waals surface area contributed by atoms with Gasteiger partial charge in [-0.25, -0.2) is 0 Å². The average molecular weight is 325 g/mol. The summed E-state index contributed by atoms with van der Waals surface area (Å²) in [6, 6.07) is 7.63. The Morgan fingerprint density at radius 3 is 2.95 bits per heavy atom. The summed E-state index contributed by atoms with van der Waals surface area (Å²) in [6.45, 7) is 1.54. The van der Waals surface area contributed by atoms with Gasteiger partial charge in [0.15, 0.2) is 5.11 Å². The topological polar surface area (TPSA) is 51.1 Å². The fourth-order valence-corrected chi connectivity index (χ4v) is 2.19. The number of aryl methyl sites for hydroxylation is 1. The number of rotatable bonds is 6. The van der Waals surface area contributed by atoms with Crippen molar-refractivity contribution < 1.29 is 4.74 Å². The predicted molar refractivity (Wildman–Crippen MR) is 89.1 cm³/mol. The van der Waals surface area contributed by atoms with E-state index < -0.39 is 0 Å². The lowest BCUT2D eigenvalue weighted by Gasteiger charge is -2.13. The van der Waals surface area contributed by atoms with Crippen LogP contribution < -0.4 is 15.4 Å². The fraction of sp³-hybridized carbons (Fsp3) is 0.286. The summed E-state index contributed by atoms with van der Waals surface area (Å²) in [7, 11) is 1.63. The van der Waals surface area contributed by atoms with Gasteiger partial charge in [0.1, 0.15) is 5.75 Å².